The van der Waals surface area contributed by atoms with Crippen LogP contribution in [0.5, 0.6) is 0 Å². The van der Waals surface area contributed by atoms with E-state index in [4.69, 9.17) is 0 Å². The van der Waals surface area contributed by atoms with Crippen molar-refractivity contribution in [1.82, 2.24) is 14.8 Å². The molecule has 0 saturated carbocycles. The summed E-state index contributed by atoms with van der Waals surface area (Å²) < 4.78 is 2.95. The summed E-state index contributed by atoms with van der Waals surface area (Å²) in [6.45, 7) is 2.76. The van der Waals surface area contributed by atoms with Crippen LogP contribution >= 0.6 is 11.3 Å². The maximum atomic E-state index is 10.2. The van der Waals surface area contributed by atoms with E-state index in [2.05, 4.69) is 15.0 Å². The first-order valence-corrected chi connectivity index (χ1v) is 8.12. The van der Waals surface area contributed by atoms with E-state index in [1.807, 2.05) is 56.0 Å². The van der Waals surface area contributed by atoms with E-state index < -0.39 is 6.10 Å². The van der Waals surface area contributed by atoms with E-state index in [0.29, 0.717) is 6.42 Å². The Balaban J connectivity index is 1.68. The van der Waals surface area contributed by atoms with Crippen molar-refractivity contribution in [2.24, 2.45) is 7.05 Å². The lowest BCUT2D eigenvalue weighted by atomic mass is 10.1. The Bertz CT molecular complexity index is 731. The zero-order valence-corrected chi connectivity index (χ0v) is 13.8. The average molecular weight is 316 g/mol. The summed E-state index contributed by atoms with van der Waals surface area (Å²) in [5.74, 6) is 0. The predicted molar refractivity (Wildman–Crippen MR) is 90.4 cm³/mol. The highest BCUT2D eigenvalue weighted by molar-refractivity contribution is 7.22. The molecule has 22 heavy (non-hydrogen) atoms. The lowest BCUT2D eigenvalue weighted by Crippen LogP contribution is -2.20. The Morgan fingerprint density at radius 1 is 1.32 bits per heavy atom. The molecule has 1 N–H and O–H groups in total. The Morgan fingerprint density at radius 3 is 2.73 bits per heavy atom. The zero-order valence-electron chi connectivity index (χ0n) is 13.0. The number of thiazole rings is 1. The number of hydrogen-bond donors (Lipinski definition) is 1. The second-order valence-corrected chi connectivity index (χ2v) is 6.47. The molecule has 0 radical (unpaired) electrons. The predicted octanol–water partition coefficient (Wildman–Crippen LogP) is 2.90. The number of aryl methyl sites for hydroxylation is 2. The molecule has 6 heteroatoms. The zero-order chi connectivity index (χ0) is 15.7. The van der Waals surface area contributed by atoms with Crippen LogP contribution in [-0.2, 0) is 7.05 Å². The van der Waals surface area contributed by atoms with Gasteiger partial charge in [-0.25, -0.2) is 9.67 Å². The summed E-state index contributed by atoms with van der Waals surface area (Å²) in [5.41, 5.74) is 2.90. The van der Waals surface area contributed by atoms with Crippen LogP contribution in [-0.4, -0.2) is 33.5 Å². The standard InChI is InChI=1S/C16H20N4OS/c1-11-14-15(20(3)18-11)17-16(22-14)19(2)10-9-13(21)12-7-5-4-6-8-12/h4-8,13,21H,9-10H2,1-3H3. The van der Waals surface area contributed by atoms with Gasteiger partial charge in [-0.3, -0.25) is 0 Å². The molecule has 2 heterocycles. The van der Waals surface area contributed by atoms with Gasteiger partial charge in [0, 0.05) is 20.6 Å². The van der Waals surface area contributed by atoms with Crippen LogP contribution in [0.15, 0.2) is 30.3 Å². The van der Waals surface area contributed by atoms with Gasteiger partial charge < -0.3 is 10.0 Å². The molecule has 116 valence electrons. The summed E-state index contributed by atoms with van der Waals surface area (Å²) in [6, 6.07) is 9.77. The molecular weight excluding hydrogens is 296 g/mol. The minimum absolute atomic E-state index is 0.443. The normalized spacial score (nSPS) is 12.7. The lowest BCUT2D eigenvalue weighted by molar-refractivity contribution is 0.170. The van der Waals surface area contributed by atoms with E-state index >= 15 is 0 Å². The molecule has 0 saturated heterocycles. The molecule has 1 unspecified atom stereocenters. The fourth-order valence-electron chi connectivity index (χ4n) is 2.49. The molecule has 1 aromatic carbocycles. The molecule has 0 spiro atoms. The van der Waals surface area contributed by atoms with Gasteiger partial charge in [0.1, 0.15) is 0 Å². The van der Waals surface area contributed by atoms with E-state index in [1.165, 1.54) is 0 Å². The molecule has 1 atom stereocenters. The smallest absolute Gasteiger partial charge is 0.187 e. The van der Waals surface area contributed by atoms with Crippen LogP contribution in [0.2, 0.25) is 0 Å². The molecular formula is C16H20N4OS. The minimum atomic E-state index is -0.443. The highest BCUT2D eigenvalue weighted by Gasteiger charge is 2.15. The van der Waals surface area contributed by atoms with E-state index in [9.17, 15) is 5.11 Å². The maximum Gasteiger partial charge on any atom is 0.187 e. The third kappa shape index (κ3) is 2.84. The van der Waals surface area contributed by atoms with Crippen LogP contribution in [0.1, 0.15) is 23.8 Å². The SMILES string of the molecule is Cc1nn(C)c2nc(N(C)CCC(O)c3ccccc3)sc12. The van der Waals surface area contributed by atoms with Gasteiger partial charge in [0.05, 0.1) is 16.5 Å². The molecule has 2 aromatic heterocycles. The van der Waals surface area contributed by atoms with E-state index in [1.54, 1.807) is 11.3 Å². The van der Waals surface area contributed by atoms with Gasteiger partial charge in [0.2, 0.25) is 0 Å². The second-order valence-electron chi connectivity index (χ2n) is 5.49. The first-order valence-electron chi connectivity index (χ1n) is 7.30. The maximum absolute atomic E-state index is 10.2. The van der Waals surface area contributed by atoms with Gasteiger partial charge in [0.25, 0.3) is 0 Å². The number of aliphatic hydroxyl groups excluding tert-OH is 1. The monoisotopic (exact) mass is 316 g/mol. The average Bonchev–Trinajstić information content (AvgIpc) is 3.08. The summed E-state index contributed by atoms with van der Waals surface area (Å²) in [7, 11) is 3.93. The number of anilines is 1. The van der Waals surface area contributed by atoms with Gasteiger partial charge in [0.15, 0.2) is 10.8 Å². The van der Waals surface area contributed by atoms with Crippen molar-refractivity contribution < 1.29 is 5.11 Å². The highest BCUT2D eigenvalue weighted by atomic mass is 32.1. The second kappa shape index (κ2) is 6.06. The number of rotatable bonds is 5. The molecule has 0 bridgehead atoms. The topological polar surface area (TPSA) is 54.2 Å². The molecule has 3 aromatic rings. The molecule has 0 amide bonds. The van der Waals surface area contributed by atoms with Crippen molar-refractivity contribution in [2.45, 2.75) is 19.4 Å². The largest absolute Gasteiger partial charge is 0.388 e. The van der Waals surface area contributed by atoms with Crippen molar-refractivity contribution in [3.63, 3.8) is 0 Å². The number of aromatic nitrogens is 3. The van der Waals surface area contributed by atoms with Gasteiger partial charge in [-0.2, -0.15) is 5.10 Å². The van der Waals surface area contributed by atoms with Crippen LogP contribution in [0.4, 0.5) is 5.13 Å². The van der Waals surface area contributed by atoms with Crippen molar-refractivity contribution in [1.29, 1.82) is 0 Å². The van der Waals surface area contributed by atoms with Crippen LogP contribution in [0, 0.1) is 6.92 Å². The van der Waals surface area contributed by atoms with E-state index in [0.717, 1.165) is 33.3 Å². The summed E-state index contributed by atoms with van der Waals surface area (Å²) >= 11 is 1.65. The van der Waals surface area contributed by atoms with Gasteiger partial charge >= 0.3 is 0 Å². The van der Waals surface area contributed by atoms with Crippen LogP contribution in [0.3, 0.4) is 0 Å². The Hall–Kier alpha value is -1.92. The molecule has 3 rings (SSSR count). The fourth-order valence-corrected chi connectivity index (χ4v) is 3.51. The Morgan fingerprint density at radius 2 is 2.05 bits per heavy atom. The summed E-state index contributed by atoms with van der Waals surface area (Å²) in [5, 5.41) is 15.6. The number of benzene rings is 1. The van der Waals surface area contributed by atoms with E-state index in [-0.39, 0.29) is 0 Å². The minimum Gasteiger partial charge on any atom is -0.388 e. The summed E-state index contributed by atoms with van der Waals surface area (Å²) in [6.07, 6.45) is 0.231. The fraction of sp³-hybridized carbons (Fsp3) is 0.375. The quantitative estimate of drug-likeness (QED) is 0.786. The first kappa shape index (κ1) is 15.0. The van der Waals surface area contributed by atoms with Gasteiger partial charge in [-0.15, -0.1) is 0 Å². The third-order valence-electron chi connectivity index (χ3n) is 3.78. The molecule has 5 nitrogen and oxygen atoms in total. The van der Waals surface area contributed by atoms with Crippen LogP contribution < -0.4 is 4.90 Å². The summed E-state index contributed by atoms with van der Waals surface area (Å²) in [4.78, 5) is 6.74. The van der Waals surface area contributed by atoms with Crippen LogP contribution in [0.25, 0.3) is 10.3 Å². The Labute approximate surface area is 133 Å². The number of fused-ring (bicyclic) bond motifs is 1. The van der Waals surface area contributed by atoms with Gasteiger partial charge in [-0.1, -0.05) is 41.7 Å². The van der Waals surface area contributed by atoms with Crippen molar-refractivity contribution in [2.75, 3.05) is 18.5 Å². The molecule has 0 fully saturated rings. The number of nitrogens with zero attached hydrogens (tertiary/aromatic N) is 4. The van der Waals surface area contributed by atoms with Crippen molar-refractivity contribution >= 4 is 26.8 Å². The van der Waals surface area contributed by atoms with Gasteiger partial charge in [-0.05, 0) is 18.9 Å². The molecule has 0 aliphatic rings. The number of hydrogen-bond acceptors (Lipinski definition) is 5. The molecule has 0 aliphatic heterocycles. The number of aliphatic hydroxyl groups is 1. The van der Waals surface area contributed by atoms with Crippen molar-refractivity contribution in [3.05, 3.63) is 41.6 Å². The highest BCUT2D eigenvalue weighted by Crippen LogP contribution is 2.30. The molecule has 0 aliphatic carbocycles. The first-order chi connectivity index (χ1) is 10.6. The Kier molecular flexibility index (Phi) is 4.13. The third-order valence-corrected chi connectivity index (χ3v) is 5.05. The lowest BCUT2D eigenvalue weighted by Gasteiger charge is -2.18. The van der Waals surface area contributed by atoms with Crippen molar-refractivity contribution in [3.8, 4) is 0 Å².